The van der Waals surface area contributed by atoms with Crippen molar-refractivity contribution in [3.63, 3.8) is 0 Å². The van der Waals surface area contributed by atoms with E-state index >= 15 is 0 Å². The van der Waals surface area contributed by atoms with Crippen molar-refractivity contribution in [1.82, 2.24) is 9.29 Å². The lowest BCUT2D eigenvalue weighted by atomic mass is 10.0. The number of nitrogens with zero attached hydrogens (tertiary/aromatic N) is 1. The average Bonchev–Trinajstić information content (AvgIpc) is 3.08. The summed E-state index contributed by atoms with van der Waals surface area (Å²) in [5.41, 5.74) is 1.69. The van der Waals surface area contributed by atoms with E-state index in [2.05, 4.69) is 4.72 Å². The molecule has 2 aromatic carbocycles. The van der Waals surface area contributed by atoms with Crippen LogP contribution in [0.5, 0.6) is 0 Å². The predicted molar refractivity (Wildman–Crippen MR) is 131 cm³/mol. The van der Waals surface area contributed by atoms with E-state index in [9.17, 15) is 13.2 Å². The molecule has 1 saturated carbocycles. The second-order valence-corrected chi connectivity index (χ2v) is 12.3. The van der Waals surface area contributed by atoms with Crippen molar-refractivity contribution in [2.45, 2.75) is 48.8 Å². The molecule has 5 nitrogen and oxygen atoms in total. The number of rotatable bonds is 8. The molecular weight excluding hydrogens is 472 g/mol. The molecule has 0 bridgehead atoms. The summed E-state index contributed by atoms with van der Waals surface area (Å²) < 4.78 is 30.5. The maximum absolute atomic E-state index is 12.7. The Balaban J connectivity index is 1.44. The first-order valence-corrected chi connectivity index (χ1v) is 14.1. The fraction of sp³-hybridized carbons (Fsp3) is 0.409. The third-order valence-electron chi connectivity index (χ3n) is 5.50. The second kappa shape index (κ2) is 10.1. The highest BCUT2D eigenvalue weighted by atomic mass is 35.5. The summed E-state index contributed by atoms with van der Waals surface area (Å²) >= 11 is 8.86. The third-order valence-corrected chi connectivity index (χ3v) is 9.54. The number of benzene rings is 2. The van der Waals surface area contributed by atoms with Gasteiger partial charge >= 0.3 is 4.87 Å². The fourth-order valence-corrected chi connectivity index (χ4v) is 7.39. The lowest BCUT2D eigenvalue weighted by Gasteiger charge is -2.20. The highest BCUT2D eigenvalue weighted by Gasteiger charge is 2.18. The zero-order valence-electron chi connectivity index (χ0n) is 17.1. The van der Waals surface area contributed by atoms with Crippen molar-refractivity contribution < 1.29 is 8.42 Å². The molecule has 1 fully saturated rings. The van der Waals surface area contributed by atoms with Crippen LogP contribution in [0.25, 0.3) is 10.2 Å². The Hall–Kier alpha value is -1.32. The molecule has 0 amide bonds. The summed E-state index contributed by atoms with van der Waals surface area (Å²) in [6.45, 7) is 0.827. The number of halogens is 1. The van der Waals surface area contributed by atoms with E-state index in [-0.39, 0.29) is 9.77 Å². The molecular formula is C22H25ClN2O3S3. The van der Waals surface area contributed by atoms with Crippen LogP contribution in [-0.2, 0) is 16.6 Å². The monoisotopic (exact) mass is 496 g/mol. The first kappa shape index (κ1) is 22.9. The standard InChI is InChI=1S/C22H25ClN2O3S3/c23-17-8-6-16(7-9-17)15-25-20-11-10-19(14-21(20)30-22(25)26)31(27,28)24-12-13-29-18-4-2-1-3-5-18/h6-11,14,18,24H,1-5,12-13,15H2. The van der Waals surface area contributed by atoms with Gasteiger partial charge in [-0.1, -0.05) is 54.3 Å². The third kappa shape index (κ3) is 5.73. The van der Waals surface area contributed by atoms with Crippen molar-refractivity contribution in [3.05, 3.63) is 62.7 Å². The van der Waals surface area contributed by atoms with Crippen LogP contribution in [0.1, 0.15) is 37.7 Å². The molecule has 4 rings (SSSR count). The van der Waals surface area contributed by atoms with E-state index in [4.69, 9.17) is 11.6 Å². The zero-order valence-corrected chi connectivity index (χ0v) is 20.3. The summed E-state index contributed by atoms with van der Waals surface area (Å²) in [5, 5.41) is 1.30. The molecule has 1 aromatic heterocycles. The molecule has 0 aliphatic heterocycles. The number of hydrogen-bond donors (Lipinski definition) is 1. The number of fused-ring (bicyclic) bond motifs is 1. The maximum atomic E-state index is 12.7. The SMILES string of the molecule is O=c1sc2cc(S(=O)(=O)NCCSC3CCCCC3)ccc2n1Cc1ccc(Cl)cc1. The molecule has 1 aliphatic carbocycles. The fourth-order valence-electron chi connectivity index (χ4n) is 3.85. The Bertz CT molecular complexity index is 1200. The van der Waals surface area contributed by atoms with Crippen molar-refractivity contribution >= 4 is 54.9 Å². The van der Waals surface area contributed by atoms with Crippen LogP contribution in [0.15, 0.2) is 52.2 Å². The molecule has 3 aromatic rings. The van der Waals surface area contributed by atoms with E-state index in [1.807, 2.05) is 23.9 Å². The van der Waals surface area contributed by atoms with Gasteiger partial charge < -0.3 is 0 Å². The first-order chi connectivity index (χ1) is 14.9. The van der Waals surface area contributed by atoms with Gasteiger partial charge in [-0.3, -0.25) is 9.36 Å². The molecule has 1 heterocycles. The summed E-state index contributed by atoms with van der Waals surface area (Å²) in [4.78, 5) is 12.6. The lowest BCUT2D eigenvalue weighted by Crippen LogP contribution is -2.26. The number of hydrogen-bond acceptors (Lipinski definition) is 5. The lowest BCUT2D eigenvalue weighted by molar-refractivity contribution is 0.516. The largest absolute Gasteiger partial charge is 0.308 e. The normalized spacial score (nSPS) is 15.5. The maximum Gasteiger partial charge on any atom is 0.308 e. The molecule has 1 aliphatic rings. The Morgan fingerprint density at radius 1 is 1.10 bits per heavy atom. The number of thiazole rings is 1. The topological polar surface area (TPSA) is 68.2 Å². The van der Waals surface area contributed by atoms with Gasteiger partial charge in [-0.25, -0.2) is 13.1 Å². The quantitative estimate of drug-likeness (QED) is 0.440. The van der Waals surface area contributed by atoms with Crippen molar-refractivity contribution in [1.29, 1.82) is 0 Å². The summed E-state index contributed by atoms with van der Waals surface area (Å²) in [7, 11) is -3.60. The molecule has 0 atom stereocenters. The van der Waals surface area contributed by atoms with E-state index in [0.29, 0.717) is 28.1 Å². The van der Waals surface area contributed by atoms with Crippen molar-refractivity contribution in [3.8, 4) is 0 Å². The first-order valence-electron chi connectivity index (χ1n) is 10.4. The van der Waals surface area contributed by atoms with Crippen LogP contribution < -0.4 is 9.60 Å². The van der Waals surface area contributed by atoms with Gasteiger partial charge in [0.15, 0.2) is 0 Å². The van der Waals surface area contributed by atoms with Gasteiger partial charge in [0, 0.05) is 22.6 Å². The average molecular weight is 497 g/mol. The molecule has 31 heavy (non-hydrogen) atoms. The van der Waals surface area contributed by atoms with Crippen LogP contribution in [0, 0.1) is 0 Å². The van der Waals surface area contributed by atoms with Crippen LogP contribution >= 0.6 is 34.7 Å². The minimum atomic E-state index is -3.60. The van der Waals surface area contributed by atoms with E-state index in [1.165, 1.54) is 32.1 Å². The van der Waals surface area contributed by atoms with Crippen molar-refractivity contribution in [2.75, 3.05) is 12.3 Å². The van der Waals surface area contributed by atoms with Crippen LogP contribution in [0.3, 0.4) is 0 Å². The molecule has 0 radical (unpaired) electrons. The summed E-state index contributed by atoms with van der Waals surface area (Å²) in [6.07, 6.45) is 6.35. The second-order valence-electron chi connectivity index (χ2n) is 7.74. The van der Waals surface area contributed by atoms with Gasteiger partial charge in [0.25, 0.3) is 0 Å². The smallest absolute Gasteiger partial charge is 0.294 e. The molecule has 9 heteroatoms. The molecule has 166 valence electrons. The Labute approximate surface area is 195 Å². The molecule has 0 spiro atoms. The van der Waals surface area contributed by atoms with E-state index in [0.717, 1.165) is 28.2 Å². The molecule has 0 saturated heterocycles. The van der Waals surface area contributed by atoms with E-state index in [1.54, 1.807) is 34.9 Å². The van der Waals surface area contributed by atoms with Gasteiger partial charge in [0.05, 0.1) is 21.7 Å². The number of sulfonamides is 1. The highest BCUT2D eigenvalue weighted by molar-refractivity contribution is 8.00. The zero-order chi connectivity index (χ0) is 21.8. The number of aromatic nitrogens is 1. The van der Waals surface area contributed by atoms with Crippen LogP contribution in [0.2, 0.25) is 5.02 Å². The van der Waals surface area contributed by atoms with Gasteiger partial charge in [0.1, 0.15) is 0 Å². The van der Waals surface area contributed by atoms with Gasteiger partial charge in [-0.15, -0.1) is 0 Å². The Morgan fingerprint density at radius 2 is 1.84 bits per heavy atom. The van der Waals surface area contributed by atoms with Crippen LogP contribution in [-0.4, -0.2) is 30.5 Å². The van der Waals surface area contributed by atoms with Crippen LogP contribution in [0.4, 0.5) is 0 Å². The molecule has 1 N–H and O–H groups in total. The predicted octanol–water partition coefficient (Wildman–Crippen LogP) is 5.11. The molecule has 0 unspecified atom stereocenters. The number of nitrogens with one attached hydrogen (secondary N) is 1. The Kier molecular flexibility index (Phi) is 7.44. The summed E-state index contributed by atoms with van der Waals surface area (Å²) in [6, 6.07) is 12.2. The van der Waals surface area contributed by atoms with Crippen molar-refractivity contribution in [2.24, 2.45) is 0 Å². The van der Waals surface area contributed by atoms with Gasteiger partial charge in [0.2, 0.25) is 10.0 Å². The van der Waals surface area contributed by atoms with E-state index < -0.39 is 10.0 Å². The minimum absolute atomic E-state index is 0.115. The van der Waals surface area contributed by atoms with Gasteiger partial charge in [-0.05, 0) is 48.7 Å². The highest BCUT2D eigenvalue weighted by Crippen LogP contribution is 2.28. The summed E-state index contributed by atoms with van der Waals surface area (Å²) in [5.74, 6) is 0.775. The minimum Gasteiger partial charge on any atom is -0.294 e. The number of thioether (sulfide) groups is 1. The van der Waals surface area contributed by atoms with Gasteiger partial charge in [-0.2, -0.15) is 11.8 Å². The Morgan fingerprint density at radius 3 is 2.58 bits per heavy atom.